The maximum Gasteiger partial charge on any atom is 0.337 e. The maximum absolute atomic E-state index is 14.1. The second-order valence-electron chi connectivity index (χ2n) is 10.0. The molecule has 226 valence electrons. The van der Waals surface area contributed by atoms with E-state index in [0.29, 0.717) is 6.07 Å². The molecule has 16 heteroatoms. The minimum absolute atomic E-state index is 0.0326. The van der Waals surface area contributed by atoms with Gasteiger partial charge in [-0.1, -0.05) is 6.07 Å². The summed E-state index contributed by atoms with van der Waals surface area (Å²) in [5.74, 6) is -5.34. The Labute approximate surface area is 235 Å². The molecule has 0 bridgehead atoms. The molecule has 4 N–H and O–H groups in total. The first kappa shape index (κ1) is 29.5. The smallest absolute Gasteiger partial charge is 0.337 e. The van der Waals surface area contributed by atoms with Gasteiger partial charge in [0.2, 0.25) is 11.7 Å². The number of hydrogen-bond acceptors (Lipinski definition) is 11. The summed E-state index contributed by atoms with van der Waals surface area (Å²) in [5.41, 5.74) is -2.10. The summed E-state index contributed by atoms with van der Waals surface area (Å²) in [6.45, 7) is 1.45. The van der Waals surface area contributed by atoms with Crippen molar-refractivity contribution in [3.63, 3.8) is 0 Å². The van der Waals surface area contributed by atoms with E-state index in [0.717, 1.165) is 25.4 Å². The number of amides is 2. The van der Waals surface area contributed by atoms with Crippen molar-refractivity contribution in [2.45, 2.75) is 63.0 Å². The van der Waals surface area contributed by atoms with E-state index in [9.17, 15) is 43.3 Å². The van der Waals surface area contributed by atoms with Gasteiger partial charge in [0, 0.05) is 24.4 Å². The number of carbonyl (C=O) groups is 3. The molecule has 1 aromatic carbocycles. The molecular weight excluding hydrogens is 568 g/mol. The van der Waals surface area contributed by atoms with Gasteiger partial charge in [0.15, 0.2) is 23.8 Å². The van der Waals surface area contributed by atoms with Gasteiger partial charge in [0.25, 0.3) is 11.8 Å². The van der Waals surface area contributed by atoms with Crippen molar-refractivity contribution in [3.05, 3.63) is 63.1 Å². The van der Waals surface area contributed by atoms with Crippen molar-refractivity contribution < 1.29 is 57.4 Å². The van der Waals surface area contributed by atoms with Gasteiger partial charge in [-0.15, -0.1) is 0 Å². The largest absolute Gasteiger partial charge is 0.467 e. The topological polar surface area (TPSA) is 186 Å². The third-order valence-electron chi connectivity index (χ3n) is 7.28. The molecule has 0 unspecified atom stereocenters. The Bertz CT molecular complexity index is 1480. The van der Waals surface area contributed by atoms with Crippen LogP contribution in [0.15, 0.2) is 29.2 Å². The van der Waals surface area contributed by atoms with Crippen LogP contribution in [-0.4, -0.2) is 99.3 Å². The van der Waals surface area contributed by atoms with Crippen LogP contribution in [0.5, 0.6) is 5.75 Å². The maximum atomic E-state index is 14.1. The molecule has 0 aliphatic carbocycles. The number of fused-ring (bicyclic) bond motifs is 2. The van der Waals surface area contributed by atoms with Crippen molar-refractivity contribution in [1.29, 1.82) is 0 Å². The number of pyridine rings is 1. The molecule has 0 saturated carbocycles. The minimum atomic E-state index is -2.01. The highest BCUT2D eigenvalue weighted by Crippen LogP contribution is 2.32. The number of aliphatic hydroxyl groups is 3. The molecule has 3 aliphatic heterocycles. The molecular formula is C26H27F2N3O11. The quantitative estimate of drug-likeness (QED) is 0.288. The first-order valence-corrected chi connectivity index (χ1v) is 12.8. The van der Waals surface area contributed by atoms with Crippen LogP contribution in [-0.2, 0) is 32.1 Å². The highest BCUT2D eigenvalue weighted by atomic mass is 19.1. The van der Waals surface area contributed by atoms with Crippen LogP contribution >= 0.6 is 0 Å². The van der Waals surface area contributed by atoms with Gasteiger partial charge in [-0.3, -0.25) is 14.4 Å². The highest BCUT2D eigenvalue weighted by Gasteiger charge is 2.50. The van der Waals surface area contributed by atoms with E-state index >= 15 is 0 Å². The Morgan fingerprint density at radius 3 is 2.57 bits per heavy atom. The fourth-order valence-electron chi connectivity index (χ4n) is 5.04. The molecule has 3 aliphatic rings. The summed E-state index contributed by atoms with van der Waals surface area (Å²) >= 11 is 0. The van der Waals surface area contributed by atoms with Gasteiger partial charge < -0.3 is 49.1 Å². The number of rotatable bonds is 6. The zero-order valence-electron chi connectivity index (χ0n) is 22.2. The number of halogens is 2. The van der Waals surface area contributed by atoms with Gasteiger partial charge in [-0.25, -0.2) is 13.6 Å². The summed E-state index contributed by atoms with van der Waals surface area (Å²) in [6, 6.07) is 2.35. The van der Waals surface area contributed by atoms with Crippen LogP contribution < -0.4 is 15.5 Å². The number of carbonyl (C=O) groups excluding carboxylic acids is 3. The molecule has 5 rings (SSSR count). The van der Waals surface area contributed by atoms with Crippen LogP contribution in [0.2, 0.25) is 0 Å². The Balaban J connectivity index is 1.53. The van der Waals surface area contributed by atoms with Gasteiger partial charge in [-0.05, 0) is 13.0 Å². The third kappa shape index (κ3) is 5.11. The standard InChI is InChI=1S/C26H27F2N3O11/c1-10-9-40-15-8-30-7-13(23(36)29-6-11-3-4-12(27)5-14(11)28)17(32)21(16(30)24(37)31(10)15)41-26-20(35)18(33)19(34)22(42-26)25(38)39-2/h3-5,7,10,15,18-20,22,26,33-35H,6,8-9H2,1-2H3,(H,29,36)/t10-,15+,18-,19-,20+,22-,26+/m0/s1. The fourth-order valence-corrected chi connectivity index (χ4v) is 5.04. The number of methoxy groups -OCH3 is 1. The van der Waals surface area contributed by atoms with Crippen molar-refractivity contribution in [3.8, 4) is 5.75 Å². The minimum Gasteiger partial charge on any atom is -0.467 e. The molecule has 2 aromatic rings. The summed E-state index contributed by atoms with van der Waals surface area (Å²) in [4.78, 5) is 53.8. The van der Waals surface area contributed by atoms with E-state index in [-0.39, 0.29) is 30.5 Å². The molecule has 2 amide bonds. The molecule has 2 fully saturated rings. The van der Waals surface area contributed by atoms with Gasteiger partial charge in [0.1, 0.15) is 35.5 Å². The number of aromatic nitrogens is 1. The Morgan fingerprint density at radius 1 is 1.14 bits per heavy atom. The van der Waals surface area contributed by atoms with Crippen molar-refractivity contribution in [2.24, 2.45) is 0 Å². The first-order chi connectivity index (χ1) is 19.9. The van der Waals surface area contributed by atoms with Gasteiger partial charge in [0.05, 0.1) is 26.3 Å². The second-order valence-corrected chi connectivity index (χ2v) is 10.0. The second kappa shape index (κ2) is 11.4. The lowest BCUT2D eigenvalue weighted by Gasteiger charge is -2.39. The molecule has 42 heavy (non-hydrogen) atoms. The molecule has 0 radical (unpaired) electrons. The predicted molar refractivity (Wildman–Crippen MR) is 133 cm³/mol. The van der Waals surface area contributed by atoms with Crippen LogP contribution in [0.1, 0.15) is 33.3 Å². The van der Waals surface area contributed by atoms with Crippen molar-refractivity contribution in [1.82, 2.24) is 14.8 Å². The fraction of sp³-hybridized carbons (Fsp3) is 0.462. The van der Waals surface area contributed by atoms with E-state index < -0.39 is 89.6 Å². The zero-order valence-corrected chi connectivity index (χ0v) is 22.2. The van der Waals surface area contributed by atoms with E-state index in [2.05, 4.69) is 10.1 Å². The molecule has 4 heterocycles. The Kier molecular flexibility index (Phi) is 8.00. The number of esters is 1. The van der Waals surface area contributed by atoms with E-state index in [1.165, 1.54) is 9.47 Å². The number of benzene rings is 1. The first-order valence-electron chi connectivity index (χ1n) is 12.8. The molecule has 2 saturated heterocycles. The van der Waals surface area contributed by atoms with Crippen LogP contribution in [0.4, 0.5) is 8.78 Å². The van der Waals surface area contributed by atoms with Crippen LogP contribution in [0.25, 0.3) is 0 Å². The SMILES string of the molecule is COC(=O)[C@H]1O[C@@H](Oc2c3n(cc(C(=O)NCc4ccc(F)cc4F)c2=O)C[C@H]2OC[C@H](C)N2C3=O)[C@H](O)[C@@H](O)[C@@H]1O. The van der Waals surface area contributed by atoms with Gasteiger partial charge >= 0.3 is 5.97 Å². The third-order valence-corrected chi connectivity index (χ3v) is 7.28. The lowest BCUT2D eigenvalue weighted by atomic mass is 9.99. The number of aliphatic hydroxyl groups excluding tert-OH is 3. The van der Waals surface area contributed by atoms with Crippen LogP contribution in [0, 0.1) is 11.6 Å². The Hall–Kier alpha value is -3.96. The molecule has 1 aromatic heterocycles. The predicted octanol–water partition coefficient (Wildman–Crippen LogP) is -1.38. The monoisotopic (exact) mass is 595 g/mol. The number of ether oxygens (including phenoxy) is 4. The lowest BCUT2D eigenvalue weighted by molar-refractivity contribution is -0.272. The van der Waals surface area contributed by atoms with E-state index in [4.69, 9.17) is 14.2 Å². The molecule has 7 atom stereocenters. The zero-order chi connectivity index (χ0) is 30.5. The summed E-state index contributed by atoms with van der Waals surface area (Å²) in [6.07, 6.45) is -9.38. The Morgan fingerprint density at radius 2 is 1.88 bits per heavy atom. The summed E-state index contributed by atoms with van der Waals surface area (Å²) in [5, 5.41) is 33.4. The van der Waals surface area contributed by atoms with Gasteiger partial charge in [-0.2, -0.15) is 0 Å². The lowest BCUT2D eigenvalue weighted by Crippen LogP contribution is -2.61. The van der Waals surface area contributed by atoms with E-state index in [1.54, 1.807) is 6.92 Å². The normalized spacial score (nSPS) is 28.6. The molecule has 0 spiro atoms. The number of nitrogens with one attached hydrogen (secondary N) is 1. The number of nitrogens with zero attached hydrogens (tertiary/aromatic N) is 2. The van der Waals surface area contributed by atoms with Crippen LogP contribution in [0.3, 0.4) is 0 Å². The molecule has 14 nitrogen and oxygen atoms in total. The van der Waals surface area contributed by atoms with E-state index in [1.807, 2.05) is 0 Å². The average molecular weight is 596 g/mol. The van der Waals surface area contributed by atoms with Crippen molar-refractivity contribution >= 4 is 17.8 Å². The van der Waals surface area contributed by atoms with Crippen molar-refractivity contribution in [2.75, 3.05) is 13.7 Å². The highest BCUT2D eigenvalue weighted by molar-refractivity contribution is 5.99. The average Bonchev–Trinajstić information content (AvgIpc) is 3.33. The summed E-state index contributed by atoms with van der Waals surface area (Å²) < 4.78 is 49.8. The number of hydrogen-bond donors (Lipinski definition) is 4. The summed E-state index contributed by atoms with van der Waals surface area (Å²) in [7, 11) is 0.989.